The lowest BCUT2D eigenvalue weighted by Crippen LogP contribution is -2.46. The molecule has 0 aliphatic carbocycles. The number of halogens is 5. The van der Waals surface area contributed by atoms with Gasteiger partial charge in [-0.1, -0.05) is 51.9 Å². The maximum Gasteiger partial charge on any atom is 0.456 e. The molecule has 20 heavy (non-hydrogen) atoms. The maximum atomic E-state index is 12.8. The molecule has 122 valence electrons. The molecule has 0 aromatic rings. The number of hydrogen-bond acceptors (Lipinski definition) is 1. The maximum absolute atomic E-state index is 12.8. The molecule has 0 aromatic heterocycles. The fourth-order valence-corrected chi connectivity index (χ4v) is 1.83. The molecule has 0 fully saturated rings. The predicted octanol–water partition coefficient (Wildman–Crippen LogP) is 5.73. The predicted molar refractivity (Wildman–Crippen MR) is 69.0 cm³/mol. The van der Waals surface area contributed by atoms with Crippen molar-refractivity contribution in [3.63, 3.8) is 0 Å². The van der Waals surface area contributed by atoms with Crippen LogP contribution in [0.1, 0.15) is 65.2 Å². The first kappa shape index (κ1) is 19.6. The Labute approximate surface area is 117 Å². The molecule has 0 aliphatic rings. The van der Waals surface area contributed by atoms with E-state index in [1.54, 1.807) is 0 Å². The molecular weight excluding hydrogens is 279 g/mol. The Morgan fingerprint density at radius 3 is 1.70 bits per heavy atom. The molecule has 0 rings (SSSR count). The van der Waals surface area contributed by atoms with Gasteiger partial charge in [0.05, 0.1) is 0 Å². The van der Waals surface area contributed by atoms with Gasteiger partial charge in [-0.25, -0.2) is 0 Å². The van der Waals surface area contributed by atoms with Crippen molar-refractivity contribution < 1.29 is 26.7 Å². The van der Waals surface area contributed by atoms with E-state index in [0.29, 0.717) is 6.42 Å². The van der Waals surface area contributed by atoms with Gasteiger partial charge in [0.15, 0.2) is 0 Å². The van der Waals surface area contributed by atoms with E-state index < -0.39 is 18.2 Å². The van der Waals surface area contributed by atoms with Crippen molar-refractivity contribution in [3.05, 3.63) is 0 Å². The van der Waals surface area contributed by atoms with Crippen LogP contribution in [0, 0.1) is 0 Å². The second kappa shape index (κ2) is 9.53. The smallest absolute Gasteiger partial charge is 0.372 e. The van der Waals surface area contributed by atoms with Gasteiger partial charge in [-0.05, 0) is 13.3 Å². The third kappa shape index (κ3) is 7.41. The summed E-state index contributed by atoms with van der Waals surface area (Å²) in [4.78, 5) is 0. The van der Waals surface area contributed by atoms with Crippen LogP contribution in [-0.4, -0.2) is 24.8 Å². The van der Waals surface area contributed by atoms with Gasteiger partial charge < -0.3 is 4.74 Å². The standard InChI is InChI=1S/C14H25F5O/c1-3-4-5-6-7-8-9-10-11-20-12(2)13(15,16)14(17,18)19/h12H,3-11H2,1-2H3. The van der Waals surface area contributed by atoms with Gasteiger partial charge in [-0.15, -0.1) is 0 Å². The van der Waals surface area contributed by atoms with Crippen molar-refractivity contribution in [1.82, 2.24) is 0 Å². The van der Waals surface area contributed by atoms with Crippen LogP contribution < -0.4 is 0 Å². The minimum absolute atomic E-state index is 0.0538. The molecule has 0 N–H and O–H groups in total. The van der Waals surface area contributed by atoms with Gasteiger partial charge in [0.25, 0.3) is 0 Å². The molecule has 1 atom stereocenters. The second-order valence-electron chi connectivity index (χ2n) is 5.11. The molecule has 6 heteroatoms. The summed E-state index contributed by atoms with van der Waals surface area (Å²) in [6.45, 7) is 2.84. The third-order valence-corrected chi connectivity index (χ3v) is 3.25. The number of unbranched alkanes of at least 4 members (excludes halogenated alkanes) is 7. The zero-order valence-corrected chi connectivity index (χ0v) is 12.2. The van der Waals surface area contributed by atoms with Crippen LogP contribution >= 0.6 is 0 Å². The molecular formula is C14H25F5O. The molecule has 0 aliphatic heterocycles. The number of ether oxygens (including phenoxy) is 1. The lowest BCUT2D eigenvalue weighted by Gasteiger charge is -2.25. The first-order valence-electron chi connectivity index (χ1n) is 7.29. The van der Waals surface area contributed by atoms with Crippen LogP contribution in [0.2, 0.25) is 0 Å². The molecule has 0 bridgehead atoms. The fourth-order valence-electron chi connectivity index (χ4n) is 1.83. The van der Waals surface area contributed by atoms with Gasteiger partial charge in [0.2, 0.25) is 0 Å². The van der Waals surface area contributed by atoms with Gasteiger partial charge >= 0.3 is 12.1 Å². The van der Waals surface area contributed by atoms with Crippen molar-refractivity contribution in [2.75, 3.05) is 6.61 Å². The first-order chi connectivity index (χ1) is 9.23. The highest BCUT2D eigenvalue weighted by Crippen LogP contribution is 2.39. The van der Waals surface area contributed by atoms with E-state index in [-0.39, 0.29) is 6.61 Å². The molecule has 0 heterocycles. The van der Waals surface area contributed by atoms with E-state index in [9.17, 15) is 22.0 Å². The third-order valence-electron chi connectivity index (χ3n) is 3.25. The average Bonchev–Trinajstić information content (AvgIpc) is 2.35. The lowest BCUT2D eigenvalue weighted by atomic mass is 10.1. The largest absolute Gasteiger partial charge is 0.456 e. The van der Waals surface area contributed by atoms with E-state index in [1.165, 1.54) is 19.3 Å². The SMILES string of the molecule is CCCCCCCCCCOC(C)C(F)(F)C(F)(F)F. The average molecular weight is 304 g/mol. The molecule has 0 radical (unpaired) electrons. The van der Waals surface area contributed by atoms with E-state index in [2.05, 4.69) is 11.7 Å². The summed E-state index contributed by atoms with van der Waals surface area (Å²) in [5.74, 6) is -4.78. The number of rotatable bonds is 11. The molecule has 0 aromatic carbocycles. The fraction of sp³-hybridized carbons (Fsp3) is 1.00. The van der Waals surface area contributed by atoms with Crippen molar-refractivity contribution in [1.29, 1.82) is 0 Å². The highest BCUT2D eigenvalue weighted by Gasteiger charge is 2.61. The highest BCUT2D eigenvalue weighted by atomic mass is 19.4. The molecule has 1 nitrogen and oxygen atoms in total. The molecule has 1 unspecified atom stereocenters. The topological polar surface area (TPSA) is 9.23 Å². The van der Waals surface area contributed by atoms with Crippen LogP contribution in [0.25, 0.3) is 0 Å². The van der Waals surface area contributed by atoms with Crippen molar-refractivity contribution in [2.24, 2.45) is 0 Å². The zero-order chi connectivity index (χ0) is 15.6. The Bertz CT molecular complexity index is 240. The Morgan fingerprint density at radius 1 is 0.800 bits per heavy atom. The summed E-state index contributed by atoms with van der Waals surface area (Å²) in [5, 5.41) is 0. The van der Waals surface area contributed by atoms with Crippen molar-refractivity contribution in [2.45, 2.75) is 83.4 Å². The molecule has 0 amide bonds. The minimum atomic E-state index is -5.55. The number of hydrogen-bond donors (Lipinski definition) is 0. The monoisotopic (exact) mass is 304 g/mol. The van der Waals surface area contributed by atoms with Crippen LogP contribution in [-0.2, 0) is 4.74 Å². The van der Waals surface area contributed by atoms with Crippen molar-refractivity contribution >= 4 is 0 Å². The summed E-state index contributed by atoms with van der Waals surface area (Å²) >= 11 is 0. The molecule has 0 spiro atoms. The quantitative estimate of drug-likeness (QED) is 0.350. The molecule has 0 saturated carbocycles. The van der Waals surface area contributed by atoms with Crippen LogP contribution in [0.3, 0.4) is 0 Å². The van der Waals surface area contributed by atoms with Gasteiger partial charge in [0, 0.05) is 6.61 Å². The van der Waals surface area contributed by atoms with Crippen LogP contribution in [0.15, 0.2) is 0 Å². The van der Waals surface area contributed by atoms with Crippen molar-refractivity contribution in [3.8, 4) is 0 Å². The minimum Gasteiger partial charge on any atom is -0.372 e. The summed E-state index contributed by atoms with van der Waals surface area (Å²) in [5.41, 5.74) is 0. The Balaban J connectivity index is 3.60. The normalized spacial score (nSPS) is 14.6. The lowest BCUT2D eigenvalue weighted by molar-refractivity contribution is -0.315. The van der Waals surface area contributed by atoms with Gasteiger partial charge in [-0.2, -0.15) is 22.0 Å². The van der Waals surface area contributed by atoms with E-state index in [4.69, 9.17) is 0 Å². The zero-order valence-electron chi connectivity index (χ0n) is 12.2. The van der Waals surface area contributed by atoms with Crippen LogP contribution in [0.5, 0.6) is 0 Å². The summed E-state index contributed by atoms with van der Waals surface area (Å²) < 4.78 is 66.3. The van der Waals surface area contributed by atoms with E-state index in [1.807, 2.05) is 0 Å². The second-order valence-corrected chi connectivity index (χ2v) is 5.11. The highest BCUT2D eigenvalue weighted by molar-refractivity contribution is 4.82. The van der Waals surface area contributed by atoms with E-state index >= 15 is 0 Å². The number of alkyl halides is 5. The van der Waals surface area contributed by atoms with Gasteiger partial charge in [-0.3, -0.25) is 0 Å². The van der Waals surface area contributed by atoms with Crippen LogP contribution in [0.4, 0.5) is 22.0 Å². The first-order valence-corrected chi connectivity index (χ1v) is 7.29. The van der Waals surface area contributed by atoms with E-state index in [0.717, 1.165) is 32.6 Å². The van der Waals surface area contributed by atoms with Gasteiger partial charge in [0.1, 0.15) is 6.10 Å². The Kier molecular flexibility index (Phi) is 9.34. The Morgan fingerprint density at radius 2 is 1.25 bits per heavy atom. The summed E-state index contributed by atoms with van der Waals surface area (Å²) in [7, 11) is 0. The summed E-state index contributed by atoms with van der Waals surface area (Å²) in [6, 6.07) is 0. The summed E-state index contributed by atoms with van der Waals surface area (Å²) in [6.07, 6.45) is 0.428. The molecule has 0 saturated heterocycles. The Hall–Kier alpha value is -0.390.